The molecule has 0 aromatic carbocycles. The van der Waals surface area contributed by atoms with E-state index in [9.17, 15) is 0 Å². The topological polar surface area (TPSA) is 56.2 Å². The molecule has 0 radical (unpaired) electrons. The Balaban J connectivity index is 2.78. The number of aryl methyl sites for hydroxylation is 1. The van der Waals surface area contributed by atoms with Gasteiger partial charge in [-0.05, 0) is 18.6 Å². The molecule has 0 aliphatic carbocycles. The van der Waals surface area contributed by atoms with Gasteiger partial charge in [0.25, 0.3) is 0 Å². The first kappa shape index (κ1) is 9.25. The first-order chi connectivity index (χ1) is 6.24. The zero-order valence-corrected chi connectivity index (χ0v) is 7.51. The van der Waals surface area contributed by atoms with E-state index >= 15 is 0 Å². The van der Waals surface area contributed by atoms with Crippen LogP contribution in [-0.2, 0) is 0 Å². The Morgan fingerprint density at radius 2 is 2.54 bits per heavy atom. The number of aromatic nitrogens is 2. The maximum atomic E-state index is 5.61. The van der Waals surface area contributed by atoms with Crippen molar-refractivity contribution in [3.63, 3.8) is 0 Å². The maximum absolute atomic E-state index is 5.61. The minimum atomic E-state index is 0.339. The summed E-state index contributed by atoms with van der Waals surface area (Å²) in [5.41, 5.74) is 6.66. The molecule has 0 spiro atoms. The lowest BCUT2D eigenvalue weighted by Crippen LogP contribution is -2.22. The van der Waals surface area contributed by atoms with Crippen LogP contribution in [0.15, 0.2) is 42.3 Å². The van der Waals surface area contributed by atoms with E-state index in [0.29, 0.717) is 5.96 Å². The van der Waals surface area contributed by atoms with E-state index in [1.165, 1.54) is 4.68 Å². The number of nitrogens with zero attached hydrogens (tertiary/aromatic N) is 3. The standard InChI is InChI=1S/C9H12N4/c1-3-4-5-11-9(10)13-7-8(2)6-12-13/h3-7H,1H2,2H3,(H2,10,11)/b5-4-. The van der Waals surface area contributed by atoms with Crippen molar-refractivity contribution in [1.82, 2.24) is 9.78 Å². The highest BCUT2D eigenvalue weighted by molar-refractivity contribution is 5.80. The summed E-state index contributed by atoms with van der Waals surface area (Å²) in [7, 11) is 0. The van der Waals surface area contributed by atoms with Crippen molar-refractivity contribution in [1.29, 1.82) is 0 Å². The molecule has 13 heavy (non-hydrogen) atoms. The van der Waals surface area contributed by atoms with E-state index in [1.807, 2.05) is 6.92 Å². The first-order valence-corrected chi connectivity index (χ1v) is 3.86. The Morgan fingerprint density at radius 3 is 3.08 bits per heavy atom. The number of nitrogens with two attached hydrogens (primary N) is 1. The fourth-order valence-corrected chi connectivity index (χ4v) is 0.778. The average molecular weight is 176 g/mol. The summed E-state index contributed by atoms with van der Waals surface area (Å²) in [5, 5.41) is 4.00. The van der Waals surface area contributed by atoms with E-state index in [1.54, 1.807) is 30.7 Å². The molecule has 0 fully saturated rings. The van der Waals surface area contributed by atoms with E-state index in [-0.39, 0.29) is 0 Å². The normalized spacial score (nSPS) is 12.2. The monoisotopic (exact) mass is 176 g/mol. The second kappa shape index (κ2) is 4.25. The molecule has 68 valence electrons. The lowest BCUT2D eigenvalue weighted by atomic mass is 10.4. The Kier molecular flexibility index (Phi) is 3.03. The van der Waals surface area contributed by atoms with Gasteiger partial charge in [-0.2, -0.15) is 5.10 Å². The third kappa shape index (κ3) is 2.59. The van der Waals surface area contributed by atoms with Gasteiger partial charge in [-0.15, -0.1) is 0 Å². The van der Waals surface area contributed by atoms with Crippen LogP contribution in [0.5, 0.6) is 0 Å². The van der Waals surface area contributed by atoms with Gasteiger partial charge in [0.1, 0.15) is 0 Å². The molecule has 0 atom stereocenters. The van der Waals surface area contributed by atoms with E-state index in [2.05, 4.69) is 16.7 Å². The smallest absolute Gasteiger partial charge is 0.221 e. The maximum Gasteiger partial charge on any atom is 0.221 e. The Labute approximate surface area is 77.1 Å². The van der Waals surface area contributed by atoms with Gasteiger partial charge < -0.3 is 5.73 Å². The van der Waals surface area contributed by atoms with Crippen LogP contribution in [0.1, 0.15) is 5.56 Å². The van der Waals surface area contributed by atoms with Crippen molar-refractivity contribution >= 4 is 5.96 Å². The van der Waals surface area contributed by atoms with Gasteiger partial charge >= 0.3 is 0 Å². The summed E-state index contributed by atoms with van der Waals surface area (Å²) in [6, 6.07) is 0. The molecule has 0 aliphatic rings. The van der Waals surface area contributed by atoms with Crippen LogP contribution >= 0.6 is 0 Å². The molecule has 0 amide bonds. The van der Waals surface area contributed by atoms with E-state index in [4.69, 9.17) is 5.73 Å². The number of hydrogen-bond donors (Lipinski definition) is 1. The summed E-state index contributed by atoms with van der Waals surface area (Å²) < 4.78 is 1.52. The van der Waals surface area contributed by atoms with E-state index < -0.39 is 0 Å². The second-order valence-electron chi connectivity index (χ2n) is 2.53. The molecule has 1 rings (SSSR count). The molecule has 1 heterocycles. The van der Waals surface area contributed by atoms with Gasteiger partial charge in [0, 0.05) is 12.4 Å². The number of aliphatic imine (C=N–C) groups is 1. The van der Waals surface area contributed by atoms with Crippen molar-refractivity contribution in [3.8, 4) is 0 Å². The number of allylic oxidation sites excluding steroid dienone is 2. The predicted molar refractivity (Wildman–Crippen MR) is 53.3 cm³/mol. The van der Waals surface area contributed by atoms with Crippen LogP contribution in [0, 0.1) is 6.92 Å². The molecule has 2 N–H and O–H groups in total. The van der Waals surface area contributed by atoms with Crippen molar-refractivity contribution in [2.75, 3.05) is 0 Å². The van der Waals surface area contributed by atoms with Crippen LogP contribution in [-0.4, -0.2) is 15.7 Å². The van der Waals surface area contributed by atoms with Gasteiger partial charge in [0.15, 0.2) is 0 Å². The van der Waals surface area contributed by atoms with Crippen LogP contribution in [0.25, 0.3) is 0 Å². The Hall–Kier alpha value is -1.84. The van der Waals surface area contributed by atoms with Crippen molar-refractivity contribution in [3.05, 3.63) is 42.9 Å². The minimum absolute atomic E-state index is 0.339. The molecule has 0 aliphatic heterocycles. The van der Waals surface area contributed by atoms with E-state index in [0.717, 1.165) is 5.56 Å². The zero-order chi connectivity index (χ0) is 9.68. The first-order valence-electron chi connectivity index (χ1n) is 3.86. The van der Waals surface area contributed by atoms with Gasteiger partial charge in [-0.25, -0.2) is 9.67 Å². The highest BCUT2D eigenvalue weighted by atomic mass is 15.3. The van der Waals surface area contributed by atoms with Crippen LogP contribution in [0.4, 0.5) is 0 Å². The zero-order valence-electron chi connectivity index (χ0n) is 7.51. The third-order valence-corrected chi connectivity index (χ3v) is 1.38. The average Bonchev–Trinajstić information content (AvgIpc) is 2.52. The molecule has 0 saturated carbocycles. The van der Waals surface area contributed by atoms with Gasteiger partial charge in [0.05, 0.1) is 6.20 Å². The predicted octanol–water partition coefficient (Wildman–Crippen LogP) is 1.05. The van der Waals surface area contributed by atoms with Gasteiger partial charge in [-0.3, -0.25) is 0 Å². The van der Waals surface area contributed by atoms with Crippen molar-refractivity contribution in [2.24, 2.45) is 10.7 Å². The Morgan fingerprint density at radius 1 is 1.77 bits per heavy atom. The summed E-state index contributed by atoms with van der Waals surface area (Å²) in [5.74, 6) is 0.339. The third-order valence-electron chi connectivity index (χ3n) is 1.38. The minimum Gasteiger partial charge on any atom is -0.368 e. The molecule has 0 unspecified atom stereocenters. The Bertz CT molecular complexity index is 346. The van der Waals surface area contributed by atoms with Crippen molar-refractivity contribution < 1.29 is 0 Å². The second-order valence-corrected chi connectivity index (χ2v) is 2.53. The fourth-order valence-electron chi connectivity index (χ4n) is 0.778. The lowest BCUT2D eigenvalue weighted by molar-refractivity contribution is 0.919. The quantitative estimate of drug-likeness (QED) is 0.416. The molecule has 1 aromatic heterocycles. The summed E-state index contributed by atoms with van der Waals surface area (Å²) in [6.45, 7) is 5.46. The summed E-state index contributed by atoms with van der Waals surface area (Å²) >= 11 is 0. The molecule has 0 bridgehead atoms. The molecule has 4 heteroatoms. The van der Waals surface area contributed by atoms with Gasteiger partial charge in [0.2, 0.25) is 5.96 Å². The molecular formula is C9H12N4. The summed E-state index contributed by atoms with van der Waals surface area (Å²) in [6.07, 6.45) is 8.42. The fraction of sp³-hybridized carbons (Fsp3) is 0.111. The van der Waals surface area contributed by atoms with Crippen LogP contribution in [0.2, 0.25) is 0 Å². The SMILES string of the molecule is C=C/C=C\N=C(/N)n1cc(C)cn1. The van der Waals surface area contributed by atoms with Crippen LogP contribution < -0.4 is 5.73 Å². The molecular weight excluding hydrogens is 164 g/mol. The number of rotatable bonds is 2. The van der Waals surface area contributed by atoms with Gasteiger partial charge in [-0.1, -0.05) is 12.7 Å². The molecule has 1 aromatic rings. The number of hydrogen-bond acceptors (Lipinski definition) is 2. The largest absolute Gasteiger partial charge is 0.368 e. The van der Waals surface area contributed by atoms with Crippen LogP contribution in [0.3, 0.4) is 0 Å². The lowest BCUT2D eigenvalue weighted by Gasteiger charge is -1.95. The molecule has 0 saturated heterocycles. The highest BCUT2D eigenvalue weighted by Crippen LogP contribution is 1.92. The van der Waals surface area contributed by atoms with Crippen molar-refractivity contribution in [2.45, 2.75) is 6.92 Å². The highest BCUT2D eigenvalue weighted by Gasteiger charge is 1.95. The summed E-state index contributed by atoms with van der Waals surface area (Å²) in [4.78, 5) is 3.94. The molecule has 4 nitrogen and oxygen atoms in total.